The van der Waals surface area contributed by atoms with Crippen LogP contribution in [0.15, 0.2) is 77.5 Å². The molecular weight excluding hydrogens is 410 g/mol. The Labute approximate surface area is 182 Å². The number of fused-ring (bicyclic) bond motifs is 2. The zero-order valence-electron chi connectivity index (χ0n) is 16.8. The number of anilines is 1. The number of furan rings is 1. The van der Waals surface area contributed by atoms with E-state index in [-0.39, 0.29) is 11.7 Å². The molecule has 31 heavy (non-hydrogen) atoms. The van der Waals surface area contributed by atoms with Gasteiger partial charge in [-0.25, -0.2) is 4.98 Å². The number of para-hydroxylation sites is 2. The fourth-order valence-corrected chi connectivity index (χ4v) is 4.38. The maximum Gasteiger partial charge on any atom is 0.296 e. The fourth-order valence-electron chi connectivity index (χ4n) is 3.42. The summed E-state index contributed by atoms with van der Waals surface area (Å²) in [6.45, 7) is 2.76. The summed E-state index contributed by atoms with van der Waals surface area (Å²) in [6, 6.07) is 19.0. The van der Waals surface area contributed by atoms with Crippen molar-refractivity contribution in [1.82, 2.24) is 9.97 Å². The molecule has 0 atom stereocenters. The minimum atomic E-state index is -0.262. The van der Waals surface area contributed by atoms with Gasteiger partial charge in [-0.1, -0.05) is 41.7 Å². The molecule has 3 aromatic heterocycles. The SMILES string of the molecule is CCOc1cccc2cc(C(=O)N(Cc3cccnc3)c3nc4ccccc4s3)oc12. The first-order chi connectivity index (χ1) is 15.2. The first-order valence-corrected chi connectivity index (χ1v) is 10.8. The van der Waals surface area contributed by atoms with Crippen LogP contribution in [-0.2, 0) is 6.54 Å². The van der Waals surface area contributed by atoms with Gasteiger partial charge in [0.05, 0.1) is 23.4 Å². The third kappa shape index (κ3) is 3.75. The summed E-state index contributed by atoms with van der Waals surface area (Å²) in [5, 5.41) is 1.43. The molecule has 0 saturated carbocycles. The molecule has 154 valence electrons. The molecule has 1 amide bonds. The molecule has 5 rings (SSSR count). The van der Waals surface area contributed by atoms with Crippen LogP contribution in [0.5, 0.6) is 5.75 Å². The number of rotatable bonds is 6. The van der Waals surface area contributed by atoms with Crippen LogP contribution in [0.1, 0.15) is 23.0 Å². The summed E-state index contributed by atoms with van der Waals surface area (Å²) < 4.78 is 12.6. The van der Waals surface area contributed by atoms with Gasteiger partial charge in [0, 0.05) is 17.8 Å². The second-order valence-electron chi connectivity index (χ2n) is 6.93. The molecule has 7 heteroatoms. The van der Waals surface area contributed by atoms with Gasteiger partial charge in [0.2, 0.25) is 0 Å². The van der Waals surface area contributed by atoms with E-state index in [9.17, 15) is 4.79 Å². The second kappa shape index (κ2) is 8.20. The topological polar surface area (TPSA) is 68.5 Å². The predicted octanol–water partition coefficient (Wildman–Crippen LogP) is 5.68. The van der Waals surface area contributed by atoms with E-state index in [2.05, 4.69) is 4.98 Å². The lowest BCUT2D eigenvalue weighted by Gasteiger charge is -2.18. The minimum absolute atomic E-state index is 0.241. The van der Waals surface area contributed by atoms with Crippen molar-refractivity contribution >= 4 is 43.6 Å². The van der Waals surface area contributed by atoms with E-state index in [1.807, 2.05) is 61.5 Å². The number of thiazole rings is 1. The number of benzene rings is 2. The Morgan fingerprint density at radius 1 is 1.13 bits per heavy atom. The minimum Gasteiger partial charge on any atom is -0.490 e. The average molecular weight is 430 g/mol. The van der Waals surface area contributed by atoms with Gasteiger partial charge in [0.1, 0.15) is 0 Å². The molecule has 0 aliphatic heterocycles. The number of ether oxygens (including phenoxy) is 1. The normalized spacial score (nSPS) is 11.1. The largest absolute Gasteiger partial charge is 0.490 e. The van der Waals surface area contributed by atoms with Crippen molar-refractivity contribution in [3.8, 4) is 5.75 Å². The predicted molar refractivity (Wildman–Crippen MR) is 122 cm³/mol. The molecule has 6 nitrogen and oxygen atoms in total. The Bertz CT molecular complexity index is 1330. The Morgan fingerprint density at radius 2 is 2.03 bits per heavy atom. The summed E-state index contributed by atoms with van der Waals surface area (Å²) in [4.78, 5) is 24.1. The van der Waals surface area contributed by atoms with Gasteiger partial charge in [-0.3, -0.25) is 14.7 Å². The van der Waals surface area contributed by atoms with Crippen LogP contribution >= 0.6 is 11.3 Å². The molecule has 0 bridgehead atoms. The highest BCUT2D eigenvalue weighted by molar-refractivity contribution is 7.22. The van der Waals surface area contributed by atoms with Crippen LogP contribution in [0, 0.1) is 0 Å². The molecule has 0 N–H and O–H groups in total. The van der Waals surface area contributed by atoms with Crippen molar-refractivity contribution in [1.29, 1.82) is 0 Å². The maximum atomic E-state index is 13.6. The quantitative estimate of drug-likeness (QED) is 0.347. The molecule has 5 aromatic rings. The van der Waals surface area contributed by atoms with E-state index < -0.39 is 0 Å². The highest BCUT2D eigenvalue weighted by Crippen LogP contribution is 2.33. The molecule has 0 aliphatic rings. The van der Waals surface area contributed by atoms with Crippen molar-refractivity contribution in [2.24, 2.45) is 0 Å². The zero-order valence-corrected chi connectivity index (χ0v) is 17.6. The molecule has 0 spiro atoms. The van der Waals surface area contributed by atoms with E-state index >= 15 is 0 Å². The van der Waals surface area contributed by atoms with Crippen molar-refractivity contribution in [2.45, 2.75) is 13.5 Å². The molecular formula is C24H19N3O3S. The first kappa shape index (κ1) is 19.3. The molecule has 0 fully saturated rings. The van der Waals surface area contributed by atoms with E-state index in [0.717, 1.165) is 21.2 Å². The third-order valence-corrected chi connectivity index (χ3v) is 5.90. The fraction of sp³-hybridized carbons (Fsp3) is 0.125. The smallest absolute Gasteiger partial charge is 0.296 e. The van der Waals surface area contributed by atoms with Crippen molar-refractivity contribution < 1.29 is 13.9 Å². The second-order valence-corrected chi connectivity index (χ2v) is 7.94. The lowest BCUT2D eigenvalue weighted by Crippen LogP contribution is -2.30. The van der Waals surface area contributed by atoms with E-state index in [1.54, 1.807) is 23.4 Å². The number of pyridine rings is 1. The van der Waals surface area contributed by atoms with Gasteiger partial charge >= 0.3 is 0 Å². The number of carbonyl (C=O) groups excluding carboxylic acids is 1. The van der Waals surface area contributed by atoms with Crippen LogP contribution in [0.2, 0.25) is 0 Å². The summed E-state index contributed by atoms with van der Waals surface area (Å²) in [7, 11) is 0. The molecule has 2 aromatic carbocycles. The van der Waals surface area contributed by atoms with Crippen LogP contribution in [-0.4, -0.2) is 22.5 Å². The van der Waals surface area contributed by atoms with Crippen molar-refractivity contribution in [3.63, 3.8) is 0 Å². The van der Waals surface area contributed by atoms with Crippen molar-refractivity contribution in [2.75, 3.05) is 11.5 Å². The van der Waals surface area contributed by atoms with E-state index in [4.69, 9.17) is 14.1 Å². The van der Waals surface area contributed by atoms with Crippen LogP contribution in [0.25, 0.3) is 21.2 Å². The Morgan fingerprint density at radius 3 is 2.84 bits per heavy atom. The number of hydrogen-bond donors (Lipinski definition) is 0. The Hall–Kier alpha value is -3.71. The number of aromatic nitrogens is 2. The van der Waals surface area contributed by atoms with Gasteiger partial charge in [0.15, 0.2) is 22.2 Å². The number of hydrogen-bond acceptors (Lipinski definition) is 6. The Balaban J connectivity index is 1.58. The maximum absolute atomic E-state index is 13.6. The summed E-state index contributed by atoms with van der Waals surface area (Å²) in [5.74, 6) is 0.602. The van der Waals surface area contributed by atoms with E-state index in [1.165, 1.54) is 11.3 Å². The molecule has 0 radical (unpaired) electrons. The number of nitrogens with zero attached hydrogens (tertiary/aromatic N) is 3. The monoisotopic (exact) mass is 429 g/mol. The number of amides is 1. The van der Waals surface area contributed by atoms with Crippen LogP contribution < -0.4 is 9.64 Å². The van der Waals surface area contributed by atoms with E-state index in [0.29, 0.717) is 29.6 Å². The zero-order chi connectivity index (χ0) is 21.2. The Kier molecular flexibility index (Phi) is 5.09. The molecule has 0 unspecified atom stereocenters. The standard InChI is InChI=1S/C24H19N3O3S/c1-2-29-19-10-5-8-17-13-20(30-22(17)19)23(28)27(15-16-7-6-12-25-14-16)24-26-18-9-3-4-11-21(18)31-24/h3-14H,2,15H2,1H3. The number of carbonyl (C=O) groups is 1. The van der Waals surface area contributed by atoms with Gasteiger partial charge in [-0.15, -0.1) is 0 Å². The molecule has 3 heterocycles. The van der Waals surface area contributed by atoms with Gasteiger partial charge in [-0.05, 0) is 42.8 Å². The highest BCUT2D eigenvalue weighted by Gasteiger charge is 2.25. The van der Waals surface area contributed by atoms with Crippen LogP contribution in [0.4, 0.5) is 5.13 Å². The van der Waals surface area contributed by atoms with Gasteiger partial charge in [0.25, 0.3) is 5.91 Å². The van der Waals surface area contributed by atoms with Gasteiger partial charge < -0.3 is 9.15 Å². The molecule has 0 saturated heterocycles. The lowest BCUT2D eigenvalue weighted by molar-refractivity contribution is 0.0960. The summed E-state index contributed by atoms with van der Waals surface area (Å²) in [5.41, 5.74) is 2.33. The highest BCUT2D eigenvalue weighted by atomic mass is 32.1. The first-order valence-electron chi connectivity index (χ1n) is 9.94. The summed E-state index contributed by atoms with van der Waals surface area (Å²) in [6.07, 6.45) is 3.46. The van der Waals surface area contributed by atoms with Crippen LogP contribution in [0.3, 0.4) is 0 Å². The summed E-state index contributed by atoms with van der Waals surface area (Å²) >= 11 is 1.47. The average Bonchev–Trinajstić information content (AvgIpc) is 3.43. The molecule has 0 aliphatic carbocycles. The van der Waals surface area contributed by atoms with Gasteiger partial charge in [-0.2, -0.15) is 0 Å². The third-order valence-electron chi connectivity index (χ3n) is 4.84. The lowest BCUT2D eigenvalue weighted by atomic mass is 10.2. The van der Waals surface area contributed by atoms with Crippen molar-refractivity contribution in [3.05, 3.63) is 84.4 Å².